The first-order valence-corrected chi connectivity index (χ1v) is 11.9. The Hall–Kier alpha value is -2.12. The minimum Gasteiger partial charge on any atom is -0.348 e. The number of hydrogen-bond acceptors (Lipinski definition) is 4. The van der Waals surface area contributed by atoms with Gasteiger partial charge in [0.2, 0.25) is 5.91 Å². The van der Waals surface area contributed by atoms with Crippen LogP contribution >= 0.6 is 27.7 Å². The molecule has 1 saturated carbocycles. The quantitative estimate of drug-likeness (QED) is 0.383. The third-order valence-electron chi connectivity index (χ3n) is 5.38. The minimum atomic E-state index is -0.0813. The fourth-order valence-electron chi connectivity index (χ4n) is 3.58. The first-order valence-electron chi connectivity index (χ1n) is 10.1. The standard InChI is InChI=1S/C23H24BrN3O2S/c1-3-27-22(29)18-12-17(24)10-11-19(18)25-23(27)30-13-20(28)26-21(16-8-9-16)15-6-4-14(2)5-7-15/h4-7,10-12,16,21H,3,8-9,13H2,1-2H3,(H,26,28). The molecule has 1 amide bonds. The van der Waals surface area contributed by atoms with Crippen LogP contribution in [-0.4, -0.2) is 21.2 Å². The summed E-state index contributed by atoms with van der Waals surface area (Å²) in [6, 6.07) is 13.9. The van der Waals surface area contributed by atoms with Gasteiger partial charge in [-0.05, 0) is 56.4 Å². The van der Waals surface area contributed by atoms with Gasteiger partial charge in [0, 0.05) is 11.0 Å². The summed E-state index contributed by atoms with van der Waals surface area (Å²) < 4.78 is 2.48. The maximum atomic E-state index is 12.9. The lowest BCUT2D eigenvalue weighted by atomic mass is 10.0. The van der Waals surface area contributed by atoms with Crippen LogP contribution in [0.25, 0.3) is 10.9 Å². The molecule has 0 aliphatic heterocycles. The second kappa shape index (κ2) is 8.94. The van der Waals surface area contributed by atoms with Crippen LogP contribution in [0.2, 0.25) is 0 Å². The van der Waals surface area contributed by atoms with Crippen molar-refractivity contribution >= 4 is 44.5 Å². The number of aromatic nitrogens is 2. The molecule has 1 N–H and O–H groups in total. The molecular formula is C23H24BrN3O2S. The summed E-state index contributed by atoms with van der Waals surface area (Å²) in [7, 11) is 0. The Morgan fingerprint density at radius 1 is 1.27 bits per heavy atom. The molecule has 1 aliphatic rings. The average Bonchev–Trinajstić information content (AvgIpc) is 3.57. The molecule has 1 fully saturated rings. The van der Waals surface area contributed by atoms with Crippen molar-refractivity contribution in [1.82, 2.24) is 14.9 Å². The van der Waals surface area contributed by atoms with E-state index in [0.717, 1.165) is 22.9 Å². The lowest BCUT2D eigenvalue weighted by Gasteiger charge is -2.19. The number of aryl methyl sites for hydroxylation is 1. The molecule has 4 rings (SSSR count). The number of thioether (sulfide) groups is 1. The number of halogens is 1. The van der Waals surface area contributed by atoms with E-state index in [0.29, 0.717) is 28.5 Å². The number of nitrogens with zero attached hydrogens (tertiary/aromatic N) is 2. The Kier molecular flexibility index (Phi) is 6.29. The maximum absolute atomic E-state index is 12.9. The number of fused-ring (bicyclic) bond motifs is 1. The second-order valence-electron chi connectivity index (χ2n) is 7.69. The van der Waals surface area contributed by atoms with Crippen LogP contribution in [0.1, 0.15) is 36.9 Å². The molecule has 0 saturated heterocycles. The molecular weight excluding hydrogens is 462 g/mol. The molecule has 156 valence electrons. The second-order valence-corrected chi connectivity index (χ2v) is 9.55. The number of rotatable bonds is 7. The highest BCUT2D eigenvalue weighted by Crippen LogP contribution is 2.41. The van der Waals surface area contributed by atoms with E-state index in [2.05, 4.69) is 57.4 Å². The average molecular weight is 486 g/mol. The van der Waals surface area contributed by atoms with E-state index in [4.69, 9.17) is 0 Å². The Balaban J connectivity index is 1.50. The highest BCUT2D eigenvalue weighted by molar-refractivity contribution is 9.10. The van der Waals surface area contributed by atoms with Crippen LogP contribution in [0.5, 0.6) is 0 Å². The van der Waals surface area contributed by atoms with Crippen molar-refractivity contribution in [3.63, 3.8) is 0 Å². The van der Waals surface area contributed by atoms with E-state index < -0.39 is 0 Å². The number of benzene rings is 2. The van der Waals surface area contributed by atoms with E-state index >= 15 is 0 Å². The summed E-state index contributed by atoms with van der Waals surface area (Å²) in [5.74, 6) is 0.696. The first kappa shape index (κ1) is 21.1. The summed E-state index contributed by atoms with van der Waals surface area (Å²) in [5.41, 5.74) is 2.93. The molecule has 3 aromatic rings. The summed E-state index contributed by atoms with van der Waals surface area (Å²) in [4.78, 5) is 30.2. The predicted octanol–water partition coefficient (Wildman–Crippen LogP) is 4.85. The number of nitrogens with one attached hydrogen (secondary N) is 1. The number of hydrogen-bond donors (Lipinski definition) is 1. The van der Waals surface area contributed by atoms with E-state index in [1.807, 2.05) is 19.1 Å². The molecule has 1 heterocycles. The van der Waals surface area contributed by atoms with Crippen molar-refractivity contribution in [2.24, 2.45) is 5.92 Å². The van der Waals surface area contributed by atoms with Crippen molar-refractivity contribution in [1.29, 1.82) is 0 Å². The van der Waals surface area contributed by atoms with Gasteiger partial charge in [0.25, 0.3) is 5.56 Å². The van der Waals surface area contributed by atoms with E-state index in [1.54, 1.807) is 10.6 Å². The molecule has 0 spiro atoms. The monoisotopic (exact) mass is 485 g/mol. The lowest BCUT2D eigenvalue weighted by Crippen LogP contribution is -2.31. The number of carbonyl (C=O) groups is 1. The highest BCUT2D eigenvalue weighted by Gasteiger charge is 2.33. The topological polar surface area (TPSA) is 64.0 Å². The third-order valence-corrected chi connectivity index (χ3v) is 6.85. The zero-order valence-electron chi connectivity index (χ0n) is 17.0. The zero-order valence-corrected chi connectivity index (χ0v) is 19.4. The fourth-order valence-corrected chi connectivity index (χ4v) is 4.82. The Morgan fingerprint density at radius 3 is 2.67 bits per heavy atom. The minimum absolute atomic E-state index is 0.0368. The van der Waals surface area contributed by atoms with Crippen LogP contribution < -0.4 is 10.9 Å². The smallest absolute Gasteiger partial charge is 0.262 e. The summed E-state index contributed by atoms with van der Waals surface area (Å²) >= 11 is 4.72. The van der Waals surface area contributed by atoms with Crippen molar-refractivity contribution in [3.8, 4) is 0 Å². The molecule has 1 unspecified atom stereocenters. The van der Waals surface area contributed by atoms with Gasteiger partial charge in [-0.15, -0.1) is 0 Å². The van der Waals surface area contributed by atoms with Gasteiger partial charge in [-0.2, -0.15) is 0 Å². The van der Waals surface area contributed by atoms with E-state index in [1.165, 1.54) is 17.3 Å². The summed E-state index contributed by atoms with van der Waals surface area (Å²) in [6.07, 6.45) is 2.28. The predicted molar refractivity (Wildman–Crippen MR) is 125 cm³/mol. The van der Waals surface area contributed by atoms with Crippen LogP contribution in [0.15, 0.2) is 56.9 Å². The Morgan fingerprint density at radius 2 is 2.00 bits per heavy atom. The first-order chi connectivity index (χ1) is 14.5. The highest BCUT2D eigenvalue weighted by atomic mass is 79.9. The van der Waals surface area contributed by atoms with E-state index in [-0.39, 0.29) is 23.3 Å². The molecule has 1 aromatic heterocycles. The van der Waals surface area contributed by atoms with Gasteiger partial charge in [-0.1, -0.05) is 57.5 Å². The van der Waals surface area contributed by atoms with Crippen LogP contribution in [0.4, 0.5) is 0 Å². The van der Waals surface area contributed by atoms with Crippen molar-refractivity contribution in [2.75, 3.05) is 5.75 Å². The van der Waals surface area contributed by atoms with E-state index in [9.17, 15) is 9.59 Å². The summed E-state index contributed by atoms with van der Waals surface area (Å²) in [6.45, 7) is 4.48. The third kappa shape index (κ3) is 4.62. The van der Waals surface area contributed by atoms with Gasteiger partial charge in [0.1, 0.15) is 0 Å². The van der Waals surface area contributed by atoms with Gasteiger partial charge >= 0.3 is 0 Å². The van der Waals surface area contributed by atoms with Gasteiger partial charge in [0.05, 0.1) is 22.7 Å². The summed E-state index contributed by atoms with van der Waals surface area (Å²) in [5, 5.41) is 4.35. The van der Waals surface area contributed by atoms with Gasteiger partial charge in [-0.25, -0.2) is 4.98 Å². The molecule has 7 heteroatoms. The SMILES string of the molecule is CCn1c(SCC(=O)NC(c2ccc(C)cc2)C2CC2)nc2ccc(Br)cc2c1=O. The fraction of sp³-hybridized carbons (Fsp3) is 0.348. The molecule has 0 bridgehead atoms. The largest absolute Gasteiger partial charge is 0.348 e. The van der Waals surface area contributed by atoms with Crippen LogP contribution in [-0.2, 0) is 11.3 Å². The molecule has 5 nitrogen and oxygen atoms in total. The maximum Gasteiger partial charge on any atom is 0.262 e. The number of amides is 1. The lowest BCUT2D eigenvalue weighted by molar-refractivity contribution is -0.119. The van der Waals surface area contributed by atoms with Gasteiger partial charge in [-0.3, -0.25) is 14.2 Å². The normalized spacial score (nSPS) is 14.6. The molecule has 30 heavy (non-hydrogen) atoms. The van der Waals surface area contributed by atoms with Crippen molar-refractivity contribution in [3.05, 3.63) is 68.4 Å². The Bertz CT molecular complexity index is 1140. The van der Waals surface area contributed by atoms with Gasteiger partial charge < -0.3 is 5.32 Å². The van der Waals surface area contributed by atoms with Crippen LogP contribution in [0, 0.1) is 12.8 Å². The van der Waals surface area contributed by atoms with Gasteiger partial charge in [0.15, 0.2) is 5.16 Å². The number of carbonyl (C=O) groups excluding carboxylic acids is 1. The Labute approximate surface area is 188 Å². The van der Waals surface area contributed by atoms with Crippen molar-refractivity contribution in [2.45, 2.75) is 44.4 Å². The molecule has 2 aromatic carbocycles. The van der Waals surface area contributed by atoms with Crippen LogP contribution in [0.3, 0.4) is 0 Å². The molecule has 1 aliphatic carbocycles. The molecule has 0 radical (unpaired) electrons. The molecule has 1 atom stereocenters. The van der Waals surface area contributed by atoms with Crippen molar-refractivity contribution < 1.29 is 4.79 Å². The zero-order chi connectivity index (χ0) is 21.3.